The van der Waals surface area contributed by atoms with Gasteiger partial charge < -0.3 is 9.64 Å². The maximum atomic E-state index is 12.4. The van der Waals surface area contributed by atoms with E-state index >= 15 is 0 Å². The van der Waals surface area contributed by atoms with E-state index in [1.165, 1.54) is 50.1 Å². The number of carbonyl (C=O) groups is 2. The summed E-state index contributed by atoms with van der Waals surface area (Å²) in [6.45, 7) is 6.92. The van der Waals surface area contributed by atoms with Crippen LogP contribution in [0.3, 0.4) is 0 Å². The van der Waals surface area contributed by atoms with Crippen LogP contribution in [0.25, 0.3) is 0 Å². The van der Waals surface area contributed by atoms with Gasteiger partial charge in [-0.3, -0.25) is 19.4 Å². The first-order valence-electron chi connectivity index (χ1n) is 9.46. The highest BCUT2D eigenvalue weighted by molar-refractivity contribution is 5.83. The Morgan fingerprint density at radius 1 is 1.08 bits per heavy atom. The van der Waals surface area contributed by atoms with Crippen molar-refractivity contribution in [2.45, 2.75) is 51.5 Å². The van der Waals surface area contributed by atoms with Gasteiger partial charge in [0.1, 0.15) is 6.54 Å². The second-order valence-corrected chi connectivity index (χ2v) is 7.04. The Kier molecular flexibility index (Phi) is 7.99. The molecule has 0 bridgehead atoms. The molecule has 0 aromatic carbocycles. The van der Waals surface area contributed by atoms with Crippen LogP contribution in [0.5, 0.6) is 0 Å². The molecule has 0 N–H and O–H groups in total. The van der Waals surface area contributed by atoms with Crippen molar-refractivity contribution in [2.75, 3.05) is 52.9 Å². The highest BCUT2D eigenvalue weighted by atomic mass is 16.5. The maximum Gasteiger partial charge on any atom is 0.325 e. The van der Waals surface area contributed by atoms with E-state index < -0.39 is 0 Å². The number of rotatable bonds is 6. The summed E-state index contributed by atoms with van der Waals surface area (Å²) in [4.78, 5) is 30.2. The Bertz CT molecular complexity index is 408. The largest absolute Gasteiger partial charge is 0.465 e. The average Bonchev–Trinajstić information content (AvgIpc) is 2.84. The van der Waals surface area contributed by atoms with Crippen molar-refractivity contribution < 1.29 is 14.3 Å². The van der Waals surface area contributed by atoms with E-state index in [0.29, 0.717) is 19.2 Å². The monoisotopic (exact) mass is 339 g/mol. The Morgan fingerprint density at radius 2 is 1.79 bits per heavy atom. The summed E-state index contributed by atoms with van der Waals surface area (Å²) in [6.07, 6.45) is 7.70. The van der Waals surface area contributed by atoms with Crippen LogP contribution in [-0.2, 0) is 14.3 Å². The minimum Gasteiger partial charge on any atom is -0.465 e. The zero-order valence-electron chi connectivity index (χ0n) is 15.3. The molecule has 138 valence electrons. The molecule has 0 aliphatic carbocycles. The molecule has 2 aliphatic heterocycles. The molecular formula is C18H33N3O3. The summed E-state index contributed by atoms with van der Waals surface area (Å²) in [5.41, 5.74) is 0. The van der Waals surface area contributed by atoms with E-state index in [1.54, 1.807) is 14.0 Å². The standard InChI is InChI=1S/C18H33N3O3/c1-3-24-18(23)15-19(2)17(22)14-20-10-8-9-16(13-20)21-11-6-4-5-7-12-21/h16H,3-15H2,1-2H3. The number of carbonyl (C=O) groups excluding carboxylic acids is 2. The number of hydrogen-bond donors (Lipinski definition) is 0. The van der Waals surface area contributed by atoms with Crippen LogP contribution in [0.2, 0.25) is 0 Å². The Balaban J connectivity index is 1.79. The Hall–Kier alpha value is -1.14. The summed E-state index contributed by atoms with van der Waals surface area (Å²) in [6, 6.07) is 0.583. The minimum absolute atomic E-state index is 0.000399. The first-order valence-corrected chi connectivity index (χ1v) is 9.46. The lowest BCUT2D eigenvalue weighted by molar-refractivity contribution is -0.148. The molecule has 24 heavy (non-hydrogen) atoms. The average molecular weight is 339 g/mol. The van der Waals surface area contributed by atoms with Crippen molar-refractivity contribution in [1.82, 2.24) is 14.7 Å². The van der Waals surface area contributed by atoms with Crippen LogP contribution >= 0.6 is 0 Å². The van der Waals surface area contributed by atoms with Crippen LogP contribution in [0.15, 0.2) is 0 Å². The van der Waals surface area contributed by atoms with Gasteiger partial charge in [0, 0.05) is 19.6 Å². The predicted molar refractivity (Wildman–Crippen MR) is 93.8 cm³/mol. The quantitative estimate of drug-likeness (QED) is 0.684. The number of hydrogen-bond acceptors (Lipinski definition) is 5. The van der Waals surface area contributed by atoms with Crippen LogP contribution in [0.4, 0.5) is 0 Å². The van der Waals surface area contributed by atoms with Gasteiger partial charge in [0.2, 0.25) is 5.91 Å². The van der Waals surface area contributed by atoms with E-state index in [2.05, 4.69) is 9.80 Å². The molecule has 2 fully saturated rings. The molecule has 2 rings (SSSR count). The highest BCUT2D eigenvalue weighted by Gasteiger charge is 2.27. The fourth-order valence-corrected chi connectivity index (χ4v) is 3.73. The smallest absolute Gasteiger partial charge is 0.325 e. The first-order chi connectivity index (χ1) is 11.6. The van der Waals surface area contributed by atoms with E-state index in [9.17, 15) is 9.59 Å². The van der Waals surface area contributed by atoms with E-state index in [4.69, 9.17) is 4.74 Å². The van der Waals surface area contributed by atoms with Gasteiger partial charge in [0.25, 0.3) is 0 Å². The third kappa shape index (κ3) is 6.06. The number of amides is 1. The van der Waals surface area contributed by atoms with Gasteiger partial charge in [-0.25, -0.2) is 0 Å². The lowest BCUT2D eigenvalue weighted by atomic mass is 10.0. The third-order valence-electron chi connectivity index (χ3n) is 5.09. The highest BCUT2D eigenvalue weighted by Crippen LogP contribution is 2.20. The molecule has 1 amide bonds. The van der Waals surface area contributed by atoms with E-state index in [-0.39, 0.29) is 18.4 Å². The molecule has 0 saturated carbocycles. The van der Waals surface area contributed by atoms with Crippen molar-refractivity contribution in [3.63, 3.8) is 0 Å². The van der Waals surface area contributed by atoms with Crippen molar-refractivity contribution >= 4 is 11.9 Å². The summed E-state index contributed by atoms with van der Waals surface area (Å²) >= 11 is 0. The molecule has 1 unspecified atom stereocenters. The van der Waals surface area contributed by atoms with Crippen LogP contribution in [0.1, 0.15) is 45.4 Å². The maximum absolute atomic E-state index is 12.4. The lowest BCUT2D eigenvalue weighted by Gasteiger charge is -2.39. The summed E-state index contributed by atoms with van der Waals surface area (Å²) in [7, 11) is 1.68. The lowest BCUT2D eigenvalue weighted by Crippen LogP contribution is -2.51. The summed E-state index contributed by atoms with van der Waals surface area (Å²) < 4.78 is 4.91. The van der Waals surface area contributed by atoms with Crippen LogP contribution in [0, 0.1) is 0 Å². The molecule has 0 spiro atoms. The molecule has 1 atom stereocenters. The van der Waals surface area contributed by atoms with E-state index in [0.717, 1.165) is 19.5 Å². The van der Waals surface area contributed by atoms with Gasteiger partial charge in [-0.05, 0) is 52.2 Å². The molecule has 0 radical (unpaired) electrons. The zero-order chi connectivity index (χ0) is 17.4. The SMILES string of the molecule is CCOC(=O)CN(C)C(=O)CN1CCCC(N2CCCCCC2)C1. The molecule has 6 heteroatoms. The summed E-state index contributed by atoms with van der Waals surface area (Å²) in [5, 5.41) is 0. The van der Waals surface area contributed by atoms with Gasteiger partial charge in [0.15, 0.2) is 0 Å². The van der Waals surface area contributed by atoms with Crippen LogP contribution < -0.4 is 0 Å². The number of nitrogens with zero attached hydrogens (tertiary/aromatic N) is 3. The first kappa shape index (κ1) is 19.2. The Labute approximate surface area is 146 Å². The van der Waals surface area contributed by atoms with Crippen molar-refractivity contribution in [3.05, 3.63) is 0 Å². The van der Waals surface area contributed by atoms with Crippen LogP contribution in [-0.4, -0.2) is 85.5 Å². The second-order valence-electron chi connectivity index (χ2n) is 7.04. The molecule has 2 saturated heterocycles. The topological polar surface area (TPSA) is 53.1 Å². The minimum atomic E-state index is -0.338. The number of likely N-dealkylation sites (N-methyl/N-ethyl adjacent to an activating group) is 1. The zero-order valence-corrected chi connectivity index (χ0v) is 15.3. The van der Waals surface area contributed by atoms with Gasteiger partial charge >= 0.3 is 5.97 Å². The van der Waals surface area contributed by atoms with Gasteiger partial charge in [-0.15, -0.1) is 0 Å². The number of likely N-dealkylation sites (tertiary alicyclic amines) is 2. The summed E-state index contributed by atoms with van der Waals surface area (Å²) in [5.74, 6) is -0.339. The number of esters is 1. The number of ether oxygens (including phenoxy) is 1. The predicted octanol–water partition coefficient (Wildman–Crippen LogP) is 1.35. The molecule has 0 aromatic rings. The molecule has 2 heterocycles. The number of piperidine rings is 1. The normalized spacial score (nSPS) is 23.5. The fraction of sp³-hybridized carbons (Fsp3) is 0.889. The van der Waals surface area contributed by atoms with Crippen molar-refractivity contribution in [1.29, 1.82) is 0 Å². The fourth-order valence-electron chi connectivity index (χ4n) is 3.73. The second kappa shape index (κ2) is 9.99. The van der Waals surface area contributed by atoms with Gasteiger partial charge in [-0.1, -0.05) is 12.8 Å². The van der Waals surface area contributed by atoms with Gasteiger partial charge in [-0.2, -0.15) is 0 Å². The Morgan fingerprint density at radius 3 is 2.46 bits per heavy atom. The molecule has 0 aromatic heterocycles. The van der Waals surface area contributed by atoms with Crippen molar-refractivity contribution in [2.24, 2.45) is 0 Å². The molecule has 2 aliphatic rings. The van der Waals surface area contributed by atoms with Gasteiger partial charge in [0.05, 0.1) is 13.2 Å². The third-order valence-corrected chi connectivity index (χ3v) is 5.09. The van der Waals surface area contributed by atoms with Crippen molar-refractivity contribution in [3.8, 4) is 0 Å². The van der Waals surface area contributed by atoms with E-state index in [1.807, 2.05) is 0 Å². The molecule has 6 nitrogen and oxygen atoms in total. The molecular weight excluding hydrogens is 306 g/mol.